The first-order chi connectivity index (χ1) is 15.1. The molecule has 32 heavy (non-hydrogen) atoms. The molecule has 0 aliphatic rings. The third-order valence-electron chi connectivity index (χ3n) is 5.16. The summed E-state index contributed by atoms with van der Waals surface area (Å²) < 4.78 is 49.5. The Morgan fingerprint density at radius 3 is 2.25 bits per heavy atom. The van der Waals surface area contributed by atoms with Crippen molar-refractivity contribution in [1.82, 2.24) is 0 Å². The van der Waals surface area contributed by atoms with Crippen LogP contribution in [0.25, 0.3) is 0 Å². The monoisotopic (exact) mass is 443 g/mol. The van der Waals surface area contributed by atoms with Crippen LogP contribution in [0.15, 0.2) is 54.6 Å². The molecule has 168 valence electrons. The maximum Gasteiger partial charge on any atom is 0.416 e. The van der Waals surface area contributed by atoms with Crippen LogP contribution in [0.1, 0.15) is 38.2 Å². The summed E-state index contributed by atoms with van der Waals surface area (Å²) in [6, 6.07) is 13.2. The van der Waals surface area contributed by atoms with Crippen molar-refractivity contribution in [3.8, 4) is 11.5 Å². The van der Waals surface area contributed by atoms with Crippen molar-refractivity contribution < 1.29 is 27.4 Å². The number of rotatable bonds is 6. The molecule has 3 aromatic rings. The number of hydrogen-bond donors (Lipinski definition) is 1. The number of halogens is 3. The fourth-order valence-electron chi connectivity index (χ4n) is 3.28. The average Bonchev–Trinajstić information content (AvgIpc) is 2.74. The van der Waals surface area contributed by atoms with Gasteiger partial charge in [-0.05, 0) is 86.0 Å². The summed E-state index contributed by atoms with van der Waals surface area (Å²) in [6.45, 7) is 6.18. The highest BCUT2D eigenvalue weighted by Crippen LogP contribution is 2.30. The second-order valence-electron chi connectivity index (χ2n) is 7.55. The van der Waals surface area contributed by atoms with Gasteiger partial charge in [0.05, 0.1) is 12.7 Å². The highest BCUT2D eigenvalue weighted by atomic mass is 19.4. The molecule has 0 unspecified atom stereocenters. The van der Waals surface area contributed by atoms with Crippen molar-refractivity contribution in [3.05, 3.63) is 88.0 Å². The number of aryl methyl sites for hydroxylation is 2. The lowest BCUT2D eigenvalue weighted by Gasteiger charge is -2.15. The van der Waals surface area contributed by atoms with E-state index in [1.165, 1.54) is 19.2 Å². The summed E-state index contributed by atoms with van der Waals surface area (Å²) in [5.41, 5.74) is 3.73. The number of anilines is 1. The predicted molar refractivity (Wildman–Crippen MR) is 117 cm³/mol. The van der Waals surface area contributed by atoms with Crippen LogP contribution in [0.5, 0.6) is 11.5 Å². The van der Waals surface area contributed by atoms with Crippen molar-refractivity contribution in [2.45, 2.75) is 33.6 Å². The van der Waals surface area contributed by atoms with E-state index < -0.39 is 17.6 Å². The van der Waals surface area contributed by atoms with Crippen LogP contribution in [0.4, 0.5) is 18.9 Å². The number of alkyl halides is 3. The standard InChI is InChI=1S/C25H24F3NO3/c1-15-11-16(2)17(3)23(12-15)32-14-19-13-18(5-10-22(19)31-4)24(30)29-21-8-6-20(7-9-21)25(26,27)28/h5-13H,14H2,1-4H3,(H,29,30). The Morgan fingerprint density at radius 1 is 0.938 bits per heavy atom. The third kappa shape index (κ3) is 5.41. The fraction of sp³-hybridized carbons (Fsp3) is 0.240. The molecule has 0 bridgehead atoms. The van der Waals surface area contributed by atoms with Gasteiger partial charge in [0.15, 0.2) is 0 Å². The fourth-order valence-corrected chi connectivity index (χ4v) is 3.28. The van der Waals surface area contributed by atoms with Gasteiger partial charge in [-0.3, -0.25) is 4.79 Å². The molecule has 0 atom stereocenters. The maximum absolute atomic E-state index is 12.7. The van der Waals surface area contributed by atoms with E-state index in [-0.39, 0.29) is 12.3 Å². The molecule has 0 spiro atoms. The second kappa shape index (κ2) is 9.34. The number of ether oxygens (including phenoxy) is 2. The van der Waals surface area contributed by atoms with Crippen LogP contribution < -0.4 is 14.8 Å². The molecule has 0 heterocycles. The minimum atomic E-state index is -4.43. The van der Waals surface area contributed by atoms with Crippen molar-refractivity contribution >= 4 is 11.6 Å². The molecule has 0 fully saturated rings. The Balaban J connectivity index is 1.77. The molecule has 0 saturated carbocycles. The van der Waals surface area contributed by atoms with Crippen LogP contribution in [0, 0.1) is 20.8 Å². The van der Waals surface area contributed by atoms with E-state index >= 15 is 0 Å². The SMILES string of the molecule is COc1ccc(C(=O)Nc2ccc(C(F)(F)F)cc2)cc1COc1cc(C)cc(C)c1C. The van der Waals surface area contributed by atoms with E-state index in [1.807, 2.05) is 26.8 Å². The first-order valence-electron chi connectivity index (χ1n) is 9.94. The number of nitrogens with one attached hydrogen (secondary N) is 1. The van der Waals surface area contributed by atoms with E-state index in [2.05, 4.69) is 11.4 Å². The molecule has 0 saturated heterocycles. The van der Waals surface area contributed by atoms with E-state index in [9.17, 15) is 18.0 Å². The molecular formula is C25H24F3NO3. The van der Waals surface area contributed by atoms with Crippen LogP contribution in [0.3, 0.4) is 0 Å². The zero-order valence-corrected chi connectivity index (χ0v) is 18.3. The molecule has 1 amide bonds. The molecule has 0 aliphatic carbocycles. The molecule has 0 radical (unpaired) electrons. The molecule has 3 rings (SSSR count). The summed E-state index contributed by atoms with van der Waals surface area (Å²) in [5, 5.41) is 2.61. The van der Waals surface area contributed by atoms with Gasteiger partial charge in [0, 0.05) is 16.8 Å². The minimum Gasteiger partial charge on any atom is -0.496 e. The van der Waals surface area contributed by atoms with Gasteiger partial charge in [0.2, 0.25) is 0 Å². The predicted octanol–water partition coefficient (Wildman–Crippen LogP) is 6.47. The van der Waals surface area contributed by atoms with Gasteiger partial charge < -0.3 is 14.8 Å². The largest absolute Gasteiger partial charge is 0.496 e. The smallest absolute Gasteiger partial charge is 0.416 e. The number of amides is 1. The topological polar surface area (TPSA) is 47.6 Å². The summed E-state index contributed by atoms with van der Waals surface area (Å²) in [6.07, 6.45) is -4.43. The van der Waals surface area contributed by atoms with Crippen LogP contribution in [0.2, 0.25) is 0 Å². The number of hydrogen-bond acceptors (Lipinski definition) is 3. The van der Waals surface area contributed by atoms with Crippen LogP contribution in [-0.2, 0) is 12.8 Å². The zero-order chi connectivity index (χ0) is 23.5. The van der Waals surface area contributed by atoms with Gasteiger partial charge in [-0.2, -0.15) is 13.2 Å². The van der Waals surface area contributed by atoms with Gasteiger partial charge in [-0.15, -0.1) is 0 Å². The van der Waals surface area contributed by atoms with Crippen LogP contribution >= 0.6 is 0 Å². The molecule has 1 N–H and O–H groups in total. The maximum atomic E-state index is 12.7. The van der Waals surface area contributed by atoms with Gasteiger partial charge >= 0.3 is 6.18 Å². The van der Waals surface area contributed by atoms with E-state index in [0.717, 1.165) is 34.6 Å². The Morgan fingerprint density at radius 2 is 1.62 bits per heavy atom. The Hall–Kier alpha value is -3.48. The number of benzene rings is 3. The summed E-state index contributed by atoms with van der Waals surface area (Å²) in [7, 11) is 1.53. The molecule has 7 heteroatoms. The Bertz CT molecular complexity index is 1120. The van der Waals surface area contributed by atoms with Gasteiger partial charge in [-0.25, -0.2) is 0 Å². The third-order valence-corrected chi connectivity index (χ3v) is 5.16. The first-order valence-corrected chi connectivity index (χ1v) is 9.94. The van der Waals surface area contributed by atoms with Crippen molar-refractivity contribution in [3.63, 3.8) is 0 Å². The second-order valence-corrected chi connectivity index (χ2v) is 7.55. The lowest BCUT2D eigenvalue weighted by atomic mass is 10.1. The summed E-state index contributed by atoms with van der Waals surface area (Å²) in [5.74, 6) is 0.874. The summed E-state index contributed by atoms with van der Waals surface area (Å²) >= 11 is 0. The van der Waals surface area contributed by atoms with Gasteiger partial charge in [0.25, 0.3) is 5.91 Å². The Kier molecular flexibility index (Phi) is 6.77. The Labute approximate surface area is 185 Å². The minimum absolute atomic E-state index is 0.189. The molecule has 3 aromatic carbocycles. The molecule has 4 nitrogen and oxygen atoms in total. The van der Waals surface area contributed by atoms with E-state index in [0.29, 0.717) is 16.9 Å². The van der Waals surface area contributed by atoms with Crippen LogP contribution in [-0.4, -0.2) is 13.0 Å². The van der Waals surface area contributed by atoms with Crippen molar-refractivity contribution in [2.75, 3.05) is 12.4 Å². The first kappa shape index (κ1) is 23.2. The number of carbonyl (C=O) groups is 1. The van der Waals surface area contributed by atoms with E-state index in [1.54, 1.807) is 18.2 Å². The molecule has 0 aliphatic heterocycles. The number of methoxy groups -OCH3 is 1. The van der Waals surface area contributed by atoms with E-state index in [4.69, 9.17) is 9.47 Å². The quantitative estimate of drug-likeness (QED) is 0.475. The highest BCUT2D eigenvalue weighted by molar-refractivity contribution is 6.04. The molecular weight excluding hydrogens is 419 g/mol. The molecule has 0 aromatic heterocycles. The lowest BCUT2D eigenvalue weighted by molar-refractivity contribution is -0.137. The number of carbonyl (C=O) groups excluding carboxylic acids is 1. The normalized spacial score (nSPS) is 11.2. The summed E-state index contributed by atoms with van der Waals surface area (Å²) in [4.78, 5) is 12.7. The van der Waals surface area contributed by atoms with Gasteiger partial charge in [0.1, 0.15) is 18.1 Å². The van der Waals surface area contributed by atoms with Crippen molar-refractivity contribution in [2.24, 2.45) is 0 Å². The lowest BCUT2D eigenvalue weighted by Crippen LogP contribution is -2.13. The van der Waals surface area contributed by atoms with Gasteiger partial charge in [-0.1, -0.05) is 6.07 Å². The average molecular weight is 443 g/mol. The van der Waals surface area contributed by atoms with Crippen molar-refractivity contribution in [1.29, 1.82) is 0 Å². The zero-order valence-electron chi connectivity index (χ0n) is 18.3. The highest BCUT2D eigenvalue weighted by Gasteiger charge is 2.30.